The van der Waals surface area contributed by atoms with E-state index >= 15 is 0 Å². The molecule has 0 rings (SSSR count). The first kappa shape index (κ1) is 63.3. The van der Waals surface area contributed by atoms with Gasteiger partial charge in [-0.05, 0) is 103 Å². The van der Waals surface area contributed by atoms with Gasteiger partial charge in [-0.1, -0.05) is 227 Å². The second-order valence-electron chi connectivity index (χ2n) is 18.1. The highest BCUT2D eigenvalue weighted by atomic mass is 16.6. The molecule has 0 aromatic rings. The van der Waals surface area contributed by atoms with Crippen LogP contribution in [0.25, 0.3) is 0 Å². The highest BCUT2D eigenvalue weighted by molar-refractivity contribution is 5.71. The molecule has 0 amide bonds. The van der Waals surface area contributed by atoms with Gasteiger partial charge >= 0.3 is 17.9 Å². The summed E-state index contributed by atoms with van der Waals surface area (Å²) in [6.45, 7) is 6.44. The molecule has 0 fully saturated rings. The summed E-state index contributed by atoms with van der Waals surface area (Å²) in [5, 5.41) is 0. The van der Waals surface area contributed by atoms with E-state index in [1.54, 1.807) is 0 Å². The summed E-state index contributed by atoms with van der Waals surface area (Å²) in [6, 6.07) is 0. The summed E-state index contributed by atoms with van der Waals surface area (Å²) in [7, 11) is 0. The Morgan fingerprint density at radius 1 is 0.313 bits per heavy atom. The van der Waals surface area contributed by atoms with E-state index in [0.29, 0.717) is 19.3 Å². The lowest BCUT2D eigenvalue weighted by molar-refractivity contribution is -0.167. The largest absolute Gasteiger partial charge is 0.462 e. The van der Waals surface area contributed by atoms with Gasteiger partial charge in [0, 0.05) is 19.3 Å². The lowest BCUT2D eigenvalue weighted by atomic mass is 10.0. The fourth-order valence-electron chi connectivity index (χ4n) is 7.42. The Bertz CT molecular complexity index is 1350. The number of unbranched alkanes of at least 4 members (excludes halogenated alkanes) is 22. The SMILES string of the molecule is CC/C=C\C/C=C\C/C=C\C/C=C\C/C=C\CCCCCC(=O)OC[C@H](COC(=O)CCCC/C=C\C/C=C\C/C=C\CCCCC)OC(=O)CCCCCCCCCCCCCCCCC. The van der Waals surface area contributed by atoms with Crippen LogP contribution in [0.4, 0.5) is 0 Å². The molecule has 6 heteroatoms. The minimum atomic E-state index is -0.806. The van der Waals surface area contributed by atoms with Crippen molar-refractivity contribution in [2.24, 2.45) is 0 Å². The van der Waals surface area contributed by atoms with Crippen LogP contribution in [0.2, 0.25) is 0 Å². The number of esters is 3. The Morgan fingerprint density at radius 3 is 0.970 bits per heavy atom. The van der Waals surface area contributed by atoms with Gasteiger partial charge in [-0.3, -0.25) is 14.4 Å². The van der Waals surface area contributed by atoms with Crippen LogP contribution in [0.15, 0.2) is 97.2 Å². The van der Waals surface area contributed by atoms with E-state index in [1.165, 1.54) is 103 Å². The van der Waals surface area contributed by atoms with Crippen LogP contribution in [0.3, 0.4) is 0 Å². The first-order valence-corrected chi connectivity index (χ1v) is 27.7. The van der Waals surface area contributed by atoms with E-state index < -0.39 is 6.10 Å². The van der Waals surface area contributed by atoms with Gasteiger partial charge in [0.25, 0.3) is 0 Å². The Hall–Kier alpha value is -3.67. The summed E-state index contributed by atoms with van der Waals surface area (Å²) in [5.41, 5.74) is 0. The predicted octanol–water partition coefficient (Wildman–Crippen LogP) is 18.5. The van der Waals surface area contributed by atoms with Gasteiger partial charge in [-0.25, -0.2) is 0 Å². The number of carbonyl (C=O) groups is 3. The molecule has 0 saturated heterocycles. The smallest absolute Gasteiger partial charge is 0.306 e. The molecular weight excluding hydrogens is 829 g/mol. The summed E-state index contributed by atoms with van der Waals surface area (Å²) in [6.07, 6.45) is 72.5. The monoisotopic (exact) mass is 931 g/mol. The zero-order valence-corrected chi connectivity index (χ0v) is 43.6. The zero-order chi connectivity index (χ0) is 48.6. The molecule has 0 aromatic carbocycles. The first-order valence-electron chi connectivity index (χ1n) is 27.7. The van der Waals surface area contributed by atoms with E-state index in [4.69, 9.17) is 14.2 Å². The minimum absolute atomic E-state index is 0.106. The van der Waals surface area contributed by atoms with Crippen molar-refractivity contribution in [1.29, 1.82) is 0 Å². The number of carbonyl (C=O) groups excluding carboxylic acids is 3. The highest BCUT2D eigenvalue weighted by Gasteiger charge is 2.19. The second kappa shape index (κ2) is 54.9. The molecule has 0 N–H and O–H groups in total. The molecule has 0 aliphatic carbocycles. The molecule has 382 valence electrons. The van der Waals surface area contributed by atoms with E-state index in [2.05, 4.69) is 118 Å². The molecular formula is C61H102O6. The van der Waals surface area contributed by atoms with Crippen LogP contribution in [-0.2, 0) is 28.6 Å². The number of allylic oxidation sites excluding steroid dienone is 16. The first-order chi connectivity index (χ1) is 33.0. The van der Waals surface area contributed by atoms with Crippen molar-refractivity contribution in [3.63, 3.8) is 0 Å². The maximum atomic E-state index is 12.8. The Balaban J connectivity index is 4.50. The summed E-state index contributed by atoms with van der Waals surface area (Å²) >= 11 is 0. The van der Waals surface area contributed by atoms with Crippen molar-refractivity contribution in [2.45, 2.75) is 258 Å². The molecule has 0 radical (unpaired) electrons. The van der Waals surface area contributed by atoms with Crippen LogP contribution in [0.1, 0.15) is 252 Å². The molecule has 67 heavy (non-hydrogen) atoms. The Labute approximate surface area is 413 Å². The van der Waals surface area contributed by atoms with Crippen molar-refractivity contribution in [2.75, 3.05) is 13.2 Å². The van der Waals surface area contributed by atoms with Crippen molar-refractivity contribution >= 4 is 17.9 Å². The van der Waals surface area contributed by atoms with Gasteiger partial charge in [0.05, 0.1) is 0 Å². The highest BCUT2D eigenvalue weighted by Crippen LogP contribution is 2.15. The van der Waals surface area contributed by atoms with Crippen molar-refractivity contribution in [3.05, 3.63) is 97.2 Å². The van der Waals surface area contributed by atoms with Crippen LogP contribution in [0.5, 0.6) is 0 Å². The fourth-order valence-corrected chi connectivity index (χ4v) is 7.42. The topological polar surface area (TPSA) is 78.9 Å². The van der Waals surface area contributed by atoms with Crippen LogP contribution >= 0.6 is 0 Å². The quantitative estimate of drug-likeness (QED) is 0.0262. The van der Waals surface area contributed by atoms with Crippen LogP contribution in [0, 0.1) is 0 Å². The van der Waals surface area contributed by atoms with E-state index in [-0.39, 0.29) is 31.1 Å². The number of ether oxygens (including phenoxy) is 3. The number of hydrogen-bond acceptors (Lipinski definition) is 6. The molecule has 0 aliphatic rings. The van der Waals surface area contributed by atoms with Crippen molar-refractivity contribution in [3.8, 4) is 0 Å². The normalized spacial score (nSPS) is 12.8. The predicted molar refractivity (Wildman–Crippen MR) is 288 cm³/mol. The maximum Gasteiger partial charge on any atom is 0.306 e. The van der Waals surface area contributed by atoms with Gasteiger partial charge in [0.1, 0.15) is 13.2 Å². The Morgan fingerprint density at radius 2 is 0.582 bits per heavy atom. The molecule has 0 bridgehead atoms. The lowest BCUT2D eigenvalue weighted by Crippen LogP contribution is -2.30. The van der Waals surface area contributed by atoms with E-state index in [1.807, 2.05) is 0 Å². The molecule has 0 aliphatic heterocycles. The molecule has 0 spiro atoms. The minimum Gasteiger partial charge on any atom is -0.462 e. The average molecular weight is 931 g/mol. The third kappa shape index (κ3) is 53.2. The standard InChI is InChI=1S/C61H102O6/c1-4-7-10-13-16-19-22-25-28-29-30-31-34-36-39-42-45-48-51-54-60(63)66-57-58(67-61(64)55-52-49-46-43-40-37-33-27-24-21-18-15-12-9-6-3)56-65-59(62)53-50-47-44-41-38-35-32-26-23-20-17-14-11-8-5-2/h7,10,16-17,19-20,25-26,28,30-32,36,38-39,41,58H,4-6,8-9,11-15,18,21-24,27,29,33-35,37,40,42-57H2,1-3H3/b10-7-,19-16-,20-17-,28-25-,31-30-,32-26-,39-36-,41-38-/t58-/m0/s1. The molecule has 0 aromatic heterocycles. The third-order valence-corrected chi connectivity index (χ3v) is 11.6. The van der Waals surface area contributed by atoms with Gasteiger partial charge in [-0.2, -0.15) is 0 Å². The van der Waals surface area contributed by atoms with Crippen molar-refractivity contribution < 1.29 is 28.6 Å². The number of hydrogen-bond donors (Lipinski definition) is 0. The Kier molecular flexibility index (Phi) is 51.9. The zero-order valence-electron chi connectivity index (χ0n) is 43.6. The maximum absolute atomic E-state index is 12.8. The van der Waals surface area contributed by atoms with Crippen molar-refractivity contribution in [1.82, 2.24) is 0 Å². The lowest BCUT2D eigenvalue weighted by Gasteiger charge is -2.18. The van der Waals surface area contributed by atoms with E-state index in [0.717, 1.165) is 109 Å². The second-order valence-corrected chi connectivity index (χ2v) is 18.1. The van der Waals surface area contributed by atoms with E-state index in [9.17, 15) is 14.4 Å². The molecule has 1 atom stereocenters. The summed E-state index contributed by atoms with van der Waals surface area (Å²) in [4.78, 5) is 38.1. The fraction of sp³-hybridized carbons (Fsp3) is 0.689. The number of rotatable bonds is 49. The molecule has 0 saturated carbocycles. The van der Waals surface area contributed by atoms with Gasteiger partial charge in [0.2, 0.25) is 0 Å². The summed E-state index contributed by atoms with van der Waals surface area (Å²) < 4.78 is 16.8. The molecule has 0 unspecified atom stereocenters. The average Bonchev–Trinajstić information content (AvgIpc) is 3.33. The van der Waals surface area contributed by atoms with Crippen LogP contribution in [-0.4, -0.2) is 37.2 Å². The summed E-state index contributed by atoms with van der Waals surface area (Å²) in [5.74, 6) is -0.970. The van der Waals surface area contributed by atoms with Crippen LogP contribution < -0.4 is 0 Å². The van der Waals surface area contributed by atoms with Gasteiger partial charge in [-0.15, -0.1) is 0 Å². The third-order valence-electron chi connectivity index (χ3n) is 11.6. The van der Waals surface area contributed by atoms with Gasteiger partial charge in [0.15, 0.2) is 6.10 Å². The van der Waals surface area contributed by atoms with Gasteiger partial charge < -0.3 is 14.2 Å². The molecule has 6 nitrogen and oxygen atoms in total. The molecule has 0 heterocycles.